The van der Waals surface area contributed by atoms with E-state index in [1.54, 1.807) is 42.5 Å². The molecule has 0 aliphatic rings. The molecule has 3 aromatic rings. The third kappa shape index (κ3) is 8.65. The van der Waals surface area contributed by atoms with Crippen LogP contribution in [0.4, 0.5) is 11.4 Å². The Bertz CT molecular complexity index is 1270. The molecule has 0 atom stereocenters. The van der Waals surface area contributed by atoms with E-state index in [0.29, 0.717) is 28.1 Å². The maximum Gasteiger partial charge on any atom is 0.306 e. The number of rotatable bonds is 10. The lowest BCUT2D eigenvalue weighted by Gasteiger charge is -2.15. The minimum Gasteiger partial charge on any atom is -0.457 e. The number of nitrogens with one attached hydrogen (secondary N) is 2. The molecule has 3 rings (SSSR count). The quantitative estimate of drug-likeness (QED) is 0.286. The Morgan fingerprint density at radius 1 is 0.838 bits per heavy atom. The molecule has 2 N–H and O–H groups in total. The summed E-state index contributed by atoms with van der Waals surface area (Å²) in [5, 5.41) is 5.87. The molecular formula is C29H31ClN2O5. The predicted octanol–water partition coefficient (Wildman–Crippen LogP) is 6.77. The first kappa shape index (κ1) is 27.7. The van der Waals surface area contributed by atoms with Crippen molar-refractivity contribution in [2.24, 2.45) is 0 Å². The molecule has 0 heterocycles. The zero-order valence-corrected chi connectivity index (χ0v) is 22.1. The zero-order chi connectivity index (χ0) is 26.9. The van der Waals surface area contributed by atoms with Gasteiger partial charge in [0.1, 0.15) is 11.5 Å². The van der Waals surface area contributed by atoms with Gasteiger partial charge in [0.05, 0.1) is 6.42 Å². The minimum atomic E-state index is -0.643. The summed E-state index contributed by atoms with van der Waals surface area (Å²) in [6.45, 7) is 7.64. The maximum atomic E-state index is 12.2. The Morgan fingerprint density at radius 3 is 2.19 bits per heavy atom. The topological polar surface area (TPSA) is 93.7 Å². The van der Waals surface area contributed by atoms with E-state index >= 15 is 0 Å². The van der Waals surface area contributed by atoms with Gasteiger partial charge in [-0.2, -0.15) is 0 Å². The molecule has 0 aromatic heterocycles. The number of benzene rings is 3. The fraction of sp³-hybridized carbons (Fsp3) is 0.276. The normalized spacial score (nSPS) is 10.6. The third-order valence-corrected chi connectivity index (χ3v) is 5.94. The average Bonchev–Trinajstić information content (AvgIpc) is 2.85. The Morgan fingerprint density at radius 2 is 1.51 bits per heavy atom. The second kappa shape index (κ2) is 12.9. The number of aryl methyl sites for hydroxylation is 2. The second-order valence-electron chi connectivity index (χ2n) is 9.04. The van der Waals surface area contributed by atoms with Crippen LogP contribution in [0.1, 0.15) is 49.3 Å². The van der Waals surface area contributed by atoms with Crippen LogP contribution in [0.5, 0.6) is 11.5 Å². The van der Waals surface area contributed by atoms with E-state index in [2.05, 4.69) is 36.6 Å². The molecule has 8 heteroatoms. The largest absolute Gasteiger partial charge is 0.457 e. The van der Waals surface area contributed by atoms with Gasteiger partial charge in [-0.05, 0) is 78.9 Å². The third-order valence-electron chi connectivity index (χ3n) is 5.53. The molecule has 0 aliphatic carbocycles. The molecule has 3 aromatic carbocycles. The average molecular weight is 523 g/mol. The first-order valence-corrected chi connectivity index (χ1v) is 12.4. The van der Waals surface area contributed by atoms with Crippen LogP contribution in [0.25, 0.3) is 0 Å². The molecule has 0 spiro atoms. The molecule has 194 valence electrons. The van der Waals surface area contributed by atoms with Gasteiger partial charge in [0.2, 0.25) is 5.91 Å². The van der Waals surface area contributed by atoms with E-state index in [0.717, 1.165) is 22.4 Å². The highest BCUT2D eigenvalue weighted by molar-refractivity contribution is 6.31. The number of carbonyl (C=O) groups is 3. The van der Waals surface area contributed by atoms with Gasteiger partial charge in [0.25, 0.3) is 5.91 Å². The van der Waals surface area contributed by atoms with Gasteiger partial charge in [-0.1, -0.05) is 43.6 Å². The van der Waals surface area contributed by atoms with E-state index in [1.165, 1.54) is 0 Å². The molecule has 0 unspecified atom stereocenters. The van der Waals surface area contributed by atoms with Crippen molar-refractivity contribution in [1.82, 2.24) is 0 Å². The van der Waals surface area contributed by atoms with Gasteiger partial charge in [-0.15, -0.1) is 0 Å². The molecule has 0 fully saturated rings. The summed E-state index contributed by atoms with van der Waals surface area (Å²) in [7, 11) is 0. The fourth-order valence-corrected chi connectivity index (χ4v) is 3.65. The molecule has 0 aliphatic heterocycles. The summed E-state index contributed by atoms with van der Waals surface area (Å²) in [6, 6.07) is 18.2. The molecule has 37 heavy (non-hydrogen) atoms. The minimum absolute atomic E-state index is 0.0761. The molecular weight excluding hydrogens is 492 g/mol. The van der Waals surface area contributed by atoms with E-state index in [1.807, 2.05) is 19.9 Å². The van der Waals surface area contributed by atoms with Crippen LogP contribution < -0.4 is 15.4 Å². The lowest BCUT2D eigenvalue weighted by atomic mass is 10.0. The van der Waals surface area contributed by atoms with Crippen molar-refractivity contribution < 1.29 is 23.9 Å². The zero-order valence-electron chi connectivity index (χ0n) is 21.4. The Balaban J connectivity index is 1.42. The van der Waals surface area contributed by atoms with Crippen molar-refractivity contribution in [3.05, 3.63) is 82.4 Å². The van der Waals surface area contributed by atoms with Crippen molar-refractivity contribution in [1.29, 1.82) is 0 Å². The first-order chi connectivity index (χ1) is 17.6. The van der Waals surface area contributed by atoms with Crippen LogP contribution in [0, 0.1) is 13.8 Å². The summed E-state index contributed by atoms with van der Waals surface area (Å²) in [5.41, 5.74) is 4.20. The van der Waals surface area contributed by atoms with Gasteiger partial charge in [0, 0.05) is 22.8 Å². The number of amides is 2. The van der Waals surface area contributed by atoms with Crippen molar-refractivity contribution in [2.75, 3.05) is 17.2 Å². The lowest BCUT2D eigenvalue weighted by Crippen LogP contribution is -2.21. The van der Waals surface area contributed by atoms with Gasteiger partial charge >= 0.3 is 5.97 Å². The van der Waals surface area contributed by atoms with E-state index in [-0.39, 0.29) is 18.7 Å². The van der Waals surface area contributed by atoms with E-state index < -0.39 is 18.5 Å². The van der Waals surface area contributed by atoms with Crippen molar-refractivity contribution >= 4 is 40.8 Å². The number of carbonyl (C=O) groups excluding carboxylic acids is 3. The summed E-state index contributed by atoms with van der Waals surface area (Å²) in [4.78, 5) is 36.2. The van der Waals surface area contributed by atoms with Crippen molar-refractivity contribution in [3.63, 3.8) is 0 Å². The van der Waals surface area contributed by atoms with Crippen LogP contribution in [0.15, 0.2) is 60.7 Å². The van der Waals surface area contributed by atoms with Gasteiger partial charge in [-0.25, -0.2) is 0 Å². The highest BCUT2D eigenvalue weighted by atomic mass is 35.5. The molecule has 0 saturated heterocycles. The molecule has 2 amide bonds. The van der Waals surface area contributed by atoms with E-state index in [4.69, 9.17) is 21.1 Å². The van der Waals surface area contributed by atoms with Crippen molar-refractivity contribution in [2.45, 2.75) is 46.5 Å². The number of halogens is 1. The van der Waals surface area contributed by atoms with Gasteiger partial charge in [0.15, 0.2) is 6.61 Å². The number of esters is 1. The number of anilines is 2. The highest BCUT2D eigenvalue weighted by Crippen LogP contribution is 2.32. The Labute approximate surface area is 222 Å². The maximum absolute atomic E-state index is 12.2. The summed E-state index contributed by atoms with van der Waals surface area (Å²) < 4.78 is 11.0. The lowest BCUT2D eigenvalue weighted by molar-refractivity contribution is -0.147. The van der Waals surface area contributed by atoms with Gasteiger partial charge < -0.3 is 20.1 Å². The monoisotopic (exact) mass is 522 g/mol. The fourth-order valence-electron chi connectivity index (χ4n) is 3.47. The smallest absolute Gasteiger partial charge is 0.306 e. The summed E-state index contributed by atoms with van der Waals surface area (Å²) >= 11 is 6.03. The first-order valence-electron chi connectivity index (χ1n) is 12.0. The van der Waals surface area contributed by atoms with Crippen molar-refractivity contribution in [3.8, 4) is 11.5 Å². The molecule has 0 radical (unpaired) electrons. The Kier molecular flexibility index (Phi) is 9.69. The SMILES string of the molecule is Cc1ccc(C(C)C)c(Oc2ccc(NC(=O)CCC(=O)OCC(=O)Nc3ccc(C)c(Cl)c3)cc2)c1. The molecule has 0 saturated carbocycles. The molecule has 7 nitrogen and oxygen atoms in total. The second-order valence-corrected chi connectivity index (χ2v) is 9.45. The van der Waals surface area contributed by atoms with Crippen LogP contribution in [-0.2, 0) is 19.1 Å². The summed E-state index contributed by atoms with van der Waals surface area (Å²) in [6.07, 6.45) is -0.227. The predicted molar refractivity (Wildman–Crippen MR) is 145 cm³/mol. The number of ether oxygens (including phenoxy) is 2. The standard InChI is InChI=1S/C29H31ClN2O5/c1-18(2)24-12-5-19(3)15-26(24)37-23-10-8-21(9-11-23)31-27(33)13-14-29(35)36-17-28(34)32-22-7-6-20(4)25(30)16-22/h5-12,15-16,18H,13-14,17H2,1-4H3,(H,31,33)(H,32,34). The van der Waals surface area contributed by atoms with E-state index in [9.17, 15) is 14.4 Å². The van der Waals surface area contributed by atoms with Crippen LogP contribution >= 0.6 is 11.6 Å². The summed E-state index contributed by atoms with van der Waals surface area (Å²) in [5.74, 6) is 0.302. The molecule has 0 bridgehead atoms. The Hall–Kier alpha value is -3.84. The number of hydrogen-bond donors (Lipinski definition) is 2. The van der Waals surface area contributed by atoms with Crippen LogP contribution in [0.3, 0.4) is 0 Å². The van der Waals surface area contributed by atoms with Gasteiger partial charge in [-0.3, -0.25) is 14.4 Å². The van der Waals surface area contributed by atoms with Crippen LogP contribution in [0.2, 0.25) is 5.02 Å². The number of hydrogen-bond acceptors (Lipinski definition) is 5. The highest BCUT2D eigenvalue weighted by Gasteiger charge is 2.12. The van der Waals surface area contributed by atoms with Crippen LogP contribution in [-0.4, -0.2) is 24.4 Å².